The smallest absolute Gasteiger partial charge is 0.0523 e. The lowest BCUT2D eigenvalue weighted by Gasteiger charge is -2.26. The van der Waals surface area contributed by atoms with Crippen molar-refractivity contribution in [3.8, 4) is 0 Å². The normalized spacial score (nSPS) is 19.8. The Morgan fingerprint density at radius 3 is 1.48 bits per heavy atom. The summed E-state index contributed by atoms with van der Waals surface area (Å²) in [6.45, 7) is 12.2. The molecular weight excluding hydrogens is 260 g/mol. The molecule has 0 aromatic rings. The van der Waals surface area contributed by atoms with Crippen LogP contribution in [0, 0.1) is 27.6 Å². The van der Waals surface area contributed by atoms with Gasteiger partial charge in [-0.2, -0.15) is 0 Å². The van der Waals surface area contributed by atoms with E-state index in [4.69, 9.17) is 5.48 Å². The lowest BCUT2D eigenvalue weighted by atomic mass is 9.84. The van der Waals surface area contributed by atoms with Gasteiger partial charge in [0.25, 0.3) is 0 Å². The van der Waals surface area contributed by atoms with Crippen molar-refractivity contribution in [3.63, 3.8) is 0 Å². The monoisotopic (exact) mass is 302 g/mol. The minimum atomic E-state index is -2.11. The molecule has 0 aliphatic carbocycles. The standard InChI is InChI=1S/C18H38N2O/c1-15(13-17(3,4)5)9-11-20(19-21)12-10-16(2)14-18(6,7)8/h15-16H,9-14H2,1-8H3/i11D2,12D2. The summed E-state index contributed by atoms with van der Waals surface area (Å²) in [5, 5.41) is 3.28. The molecule has 2 atom stereocenters. The van der Waals surface area contributed by atoms with Gasteiger partial charge in [-0.05, 0) is 48.3 Å². The fourth-order valence-corrected chi connectivity index (χ4v) is 2.83. The molecule has 0 aromatic carbocycles. The number of rotatable bonds is 9. The molecule has 3 heteroatoms. The zero-order valence-electron chi connectivity index (χ0n) is 19.3. The Labute approximate surface area is 138 Å². The zero-order chi connectivity index (χ0) is 20.3. The summed E-state index contributed by atoms with van der Waals surface area (Å²) in [7, 11) is 0. The van der Waals surface area contributed by atoms with Gasteiger partial charge in [-0.25, -0.2) is 0 Å². The Hall–Kier alpha value is -0.600. The lowest BCUT2D eigenvalue weighted by Crippen LogP contribution is -2.24. The fourth-order valence-electron chi connectivity index (χ4n) is 2.83. The molecule has 0 rings (SSSR count). The van der Waals surface area contributed by atoms with Gasteiger partial charge in [0.2, 0.25) is 0 Å². The summed E-state index contributed by atoms with van der Waals surface area (Å²) in [6.07, 6.45) is 1.73. The third-order valence-corrected chi connectivity index (χ3v) is 3.18. The van der Waals surface area contributed by atoms with Crippen molar-refractivity contribution in [1.82, 2.24) is 5.01 Å². The first-order valence-corrected chi connectivity index (χ1v) is 8.03. The molecule has 0 bridgehead atoms. The minimum absolute atomic E-state index is 0.0158. The van der Waals surface area contributed by atoms with Gasteiger partial charge in [0.15, 0.2) is 0 Å². The van der Waals surface area contributed by atoms with Crippen LogP contribution in [0.4, 0.5) is 0 Å². The predicted octanol–water partition coefficient (Wildman–Crippen LogP) is 5.89. The Balaban J connectivity index is 5.15. The van der Waals surface area contributed by atoms with Crippen molar-refractivity contribution < 1.29 is 5.48 Å². The topological polar surface area (TPSA) is 32.7 Å². The SMILES string of the molecule is [2H]C([2H])(CC(C)CC(C)(C)C)N(N=O)C([2H])([2H])CC(C)CC(C)(C)C. The van der Waals surface area contributed by atoms with Gasteiger partial charge in [-0.15, -0.1) is 4.91 Å². The average molecular weight is 303 g/mol. The summed E-state index contributed by atoms with van der Waals surface area (Å²) in [5.41, 5.74) is 0.102. The molecular formula is C18H38N2O. The Kier molecular flexibility index (Phi) is 5.84. The van der Waals surface area contributed by atoms with Crippen LogP contribution >= 0.6 is 0 Å². The number of nitrogens with zero attached hydrogens (tertiary/aromatic N) is 2. The van der Waals surface area contributed by atoms with Crippen LogP contribution in [0.2, 0.25) is 0 Å². The highest BCUT2D eigenvalue weighted by Crippen LogP contribution is 2.27. The van der Waals surface area contributed by atoms with E-state index in [2.05, 4.69) is 46.8 Å². The first kappa shape index (κ1) is 14.0. The second-order valence-electron chi connectivity index (χ2n) is 8.86. The van der Waals surface area contributed by atoms with E-state index in [-0.39, 0.29) is 35.5 Å². The Morgan fingerprint density at radius 2 is 1.24 bits per heavy atom. The molecule has 0 heterocycles. The van der Waals surface area contributed by atoms with Crippen molar-refractivity contribution in [2.75, 3.05) is 13.0 Å². The van der Waals surface area contributed by atoms with Crippen molar-refractivity contribution >= 4 is 0 Å². The first-order valence-electron chi connectivity index (χ1n) is 10.0. The summed E-state index contributed by atoms with van der Waals surface area (Å²) in [6, 6.07) is 0. The Morgan fingerprint density at radius 1 is 0.905 bits per heavy atom. The van der Waals surface area contributed by atoms with E-state index in [1.807, 2.05) is 13.8 Å². The summed E-state index contributed by atoms with van der Waals surface area (Å²) in [4.78, 5) is 11.3. The third kappa shape index (κ3) is 12.8. The van der Waals surface area contributed by atoms with Crippen molar-refractivity contribution in [2.45, 2.75) is 81.1 Å². The predicted molar refractivity (Wildman–Crippen MR) is 93.1 cm³/mol. The van der Waals surface area contributed by atoms with E-state index in [9.17, 15) is 4.91 Å². The van der Waals surface area contributed by atoms with Crippen molar-refractivity contribution in [2.24, 2.45) is 28.0 Å². The third-order valence-electron chi connectivity index (χ3n) is 3.18. The summed E-state index contributed by atoms with van der Waals surface area (Å²) >= 11 is 0. The number of hydrogen-bond acceptors (Lipinski definition) is 2. The van der Waals surface area contributed by atoms with Crippen LogP contribution in [0.1, 0.15) is 86.6 Å². The van der Waals surface area contributed by atoms with E-state index >= 15 is 0 Å². The van der Waals surface area contributed by atoms with Gasteiger partial charge in [0.1, 0.15) is 0 Å². The van der Waals surface area contributed by atoms with E-state index in [1.54, 1.807) is 0 Å². The maximum atomic E-state index is 11.3. The van der Waals surface area contributed by atoms with Crippen LogP contribution in [0.15, 0.2) is 5.29 Å². The maximum absolute atomic E-state index is 11.3. The summed E-state index contributed by atoms with van der Waals surface area (Å²) in [5.74, 6) is 0.0316. The van der Waals surface area contributed by atoms with Crippen LogP contribution < -0.4 is 0 Å². The van der Waals surface area contributed by atoms with Gasteiger partial charge in [0.05, 0.1) is 10.8 Å². The number of hydrogen-bond donors (Lipinski definition) is 0. The maximum Gasteiger partial charge on any atom is 0.0523 e. The zero-order valence-corrected chi connectivity index (χ0v) is 15.3. The fraction of sp³-hybridized carbons (Fsp3) is 1.00. The highest BCUT2D eigenvalue weighted by atomic mass is 16.3. The van der Waals surface area contributed by atoms with Crippen LogP contribution in [0.25, 0.3) is 0 Å². The molecule has 2 unspecified atom stereocenters. The second kappa shape index (κ2) is 8.75. The van der Waals surface area contributed by atoms with Crippen molar-refractivity contribution in [1.29, 1.82) is 0 Å². The average Bonchev–Trinajstić information content (AvgIpc) is 2.19. The molecule has 3 nitrogen and oxygen atoms in total. The van der Waals surface area contributed by atoms with E-state index < -0.39 is 13.0 Å². The van der Waals surface area contributed by atoms with Crippen LogP contribution in [0.3, 0.4) is 0 Å². The van der Waals surface area contributed by atoms with Gasteiger partial charge < -0.3 is 0 Å². The highest BCUT2D eigenvalue weighted by molar-refractivity contribution is 4.69. The van der Waals surface area contributed by atoms with Crippen LogP contribution in [-0.4, -0.2) is 18.0 Å². The molecule has 0 saturated carbocycles. The van der Waals surface area contributed by atoms with E-state index in [1.165, 1.54) is 0 Å². The molecule has 126 valence electrons. The molecule has 0 radical (unpaired) electrons. The van der Waals surface area contributed by atoms with Crippen LogP contribution in [-0.2, 0) is 0 Å². The highest BCUT2D eigenvalue weighted by Gasteiger charge is 2.18. The van der Waals surface area contributed by atoms with Gasteiger partial charge >= 0.3 is 0 Å². The molecule has 0 aromatic heterocycles. The molecule has 0 amide bonds. The summed E-state index contributed by atoms with van der Waals surface area (Å²) < 4.78 is 33.0. The largest absolute Gasteiger partial charge is 0.261 e. The molecule has 0 fully saturated rings. The quantitative estimate of drug-likeness (QED) is 0.392. The van der Waals surface area contributed by atoms with Gasteiger partial charge in [0, 0.05) is 13.0 Å². The molecule has 0 spiro atoms. The van der Waals surface area contributed by atoms with Gasteiger partial charge in [-0.1, -0.05) is 55.4 Å². The molecule has 0 N–H and O–H groups in total. The van der Waals surface area contributed by atoms with Crippen molar-refractivity contribution in [3.05, 3.63) is 4.91 Å². The Bertz CT molecular complexity index is 392. The van der Waals surface area contributed by atoms with E-state index in [0.717, 1.165) is 12.8 Å². The first-order chi connectivity index (χ1) is 10.9. The molecule has 0 aliphatic heterocycles. The number of nitroso groups, excluding NO2 is 1. The second-order valence-corrected chi connectivity index (χ2v) is 8.86. The minimum Gasteiger partial charge on any atom is -0.261 e. The lowest BCUT2D eigenvalue weighted by molar-refractivity contribution is 0.210. The van der Waals surface area contributed by atoms with Crippen LogP contribution in [0.5, 0.6) is 0 Å². The van der Waals surface area contributed by atoms with Gasteiger partial charge in [-0.3, -0.25) is 5.01 Å². The molecule has 21 heavy (non-hydrogen) atoms. The molecule has 0 saturated heterocycles. The molecule has 0 aliphatic rings. The van der Waals surface area contributed by atoms with E-state index in [0.29, 0.717) is 5.01 Å².